The lowest BCUT2D eigenvalue weighted by atomic mass is 10.1. The van der Waals surface area contributed by atoms with Crippen molar-refractivity contribution in [3.8, 4) is 42.8 Å². The SMILES string of the molecule is C=CCc1c(C)nc(-c2cccs2)nc1Nc1ccc(C(=O)O)c(Cl)c1.C=CCc1c(CC)nc(-c2cccs2)nc1Nc1ccc(C(=O)O)c(Cl)c1.CCc1c(C)nc(-c2cccs2)nc1Nc1ccc(C(=O)O)c(Cl)c1.CCc1nc(-c2cccs2)nc(Nc2ccc(C(=O)O)c(Cl)c2)c1CC. The Bertz CT molecular complexity index is 5080. The van der Waals surface area contributed by atoms with Crippen molar-refractivity contribution in [2.45, 2.75) is 80.1 Å². The molecular weight excluding hydrogens is 1480 g/mol. The molecule has 0 saturated carbocycles. The molecule has 0 aliphatic heterocycles. The van der Waals surface area contributed by atoms with E-state index in [1.165, 1.54) is 24.3 Å². The van der Waals surface area contributed by atoms with Gasteiger partial charge in [-0.1, -0.05) is 111 Å². The maximum atomic E-state index is 11.2. The Morgan fingerprint density at radius 2 is 0.644 bits per heavy atom. The Morgan fingerprint density at radius 3 is 0.913 bits per heavy atom. The van der Waals surface area contributed by atoms with Gasteiger partial charge in [-0.25, -0.2) is 59.0 Å². The van der Waals surface area contributed by atoms with Gasteiger partial charge in [-0.3, -0.25) is 0 Å². The van der Waals surface area contributed by atoms with E-state index in [-0.39, 0.29) is 42.3 Å². The van der Waals surface area contributed by atoms with Gasteiger partial charge in [0.05, 0.1) is 61.9 Å². The van der Waals surface area contributed by atoms with E-state index in [4.69, 9.17) is 86.8 Å². The van der Waals surface area contributed by atoms with Crippen LogP contribution in [0.2, 0.25) is 20.1 Å². The van der Waals surface area contributed by atoms with Crippen molar-refractivity contribution >= 4 is 162 Å². The van der Waals surface area contributed by atoms with Crippen molar-refractivity contribution in [3.63, 3.8) is 0 Å². The molecule has 20 nitrogen and oxygen atoms in total. The van der Waals surface area contributed by atoms with Crippen LogP contribution in [0.15, 0.2) is 168 Å². The third-order valence-corrected chi connectivity index (χ3v) is 20.2. The van der Waals surface area contributed by atoms with Crippen LogP contribution in [0.3, 0.4) is 0 Å². The number of aromatic nitrogens is 8. The number of aryl methyl sites for hydroxylation is 4. The lowest BCUT2D eigenvalue weighted by molar-refractivity contribution is 0.0686. The summed E-state index contributed by atoms with van der Waals surface area (Å²) in [5.74, 6) is 1.18. The molecule has 28 heteroatoms. The smallest absolute Gasteiger partial charge is 0.337 e. The fourth-order valence-electron chi connectivity index (χ4n) is 10.5. The first kappa shape index (κ1) is 77.9. The summed E-state index contributed by atoms with van der Waals surface area (Å²) in [5.41, 5.74) is 10.6. The van der Waals surface area contributed by atoms with Crippen molar-refractivity contribution in [1.82, 2.24) is 39.9 Å². The molecule has 0 atom stereocenters. The molecule has 0 amide bonds. The molecule has 0 fully saturated rings. The summed E-state index contributed by atoms with van der Waals surface area (Å²) < 4.78 is 0. The van der Waals surface area contributed by atoms with Gasteiger partial charge in [-0.05, 0) is 171 Å². The number of halogens is 4. The first-order chi connectivity index (χ1) is 50.0. The number of hydrogen-bond donors (Lipinski definition) is 8. The maximum absolute atomic E-state index is 11.2. The van der Waals surface area contributed by atoms with E-state index in [1.807, 2.05) is 96.9 Å². The van der Waals surface area contributed by atoms with Crippen LogP contribution in [0.5, 0.6) is 0 Å². The molecule has 8 heterocycles. The maximum Gasteiger partial charge on any atom is 0.337 e. The van der Waals surface area contributed by atoms with E-state index >= 15 is 0 Å². The summed E-state index contributed by atoms with van der Waals surface area (Å²) in [5, 5.41) is 58.1. The number of allylic oxidation sites excluding steroid dienone is 2. The summed E-state index contributed by atoms with van der Waals surface area (Å²) in [6, 6.07) is 34.7. The minimum Gasteiger partial charge on any atom is -0.478 e. The summed E-state index contributed by atoms with van der Waals surface area (Å²) in [6.45, 7) is 19.7. The van der Waals surface area contributed by atoms with Crippen LogP contribution in [0.1, 0.15) is 114 Å². The molecule has 8 aromatic heterocycles. The average molecular weight is 1550 g/mol. The standard InChI is InChI=1S/C20H18ClN3O2S.C19H16ClN3O2S.C19H18ClN3O2S.C18H16ClN3O2S/c1-3-6-14-16(4-2)23-19(17-7-5-10-27-17)24-18(14)22-12-8-9-13(20(25)26)15(21)11-12;1-3-5-13-11(2)21-18(16-6-4-9-26-16)23-17(13)22-12-7-8-14(19(24)25)15(20)10-12;1-3-12-15(4-2)22-18(16-6-5-9-26-16)23-17(12)21-11-7-8-13(19(24)25)14(20)10-11;1-3-12-10(2)20-17(15-5-4-8-25-15)22-16(12)21-11-6-7-13(18(23)24)14(19)9-11/h3,5,7-11H,1,4,6H2,2H3,(H,25,26)(H,22,23,24);3-4,6-10H,1,5H2,2H3,(H,24,25)(H,21,22,23);5-10H,3-4H2,1-2H3,(H,24,25)(H,21,22,23);4-9H,3H2,1-2H3,(H,23,24)(H,20,21,22). The molecule has 0 bridgehead atoms. The van der Waals surface area contributed by atoms with Crippen LogP contribution in [0, 0.1) is 13.8 Å². The topological polar surface area (TPSA) is 300 Å². The van der Waals surface area contributed by atoms with Gasteiger partial charge in [0, 0.05) is 67.8 Å². The highest BCUT2D eigenvalue weighted by atomic mass is 35.5. The van der Waals surface area contributed by atoms with Crippen LogP contribution >= 0.6 is 91.8 Å². The van der Waals surface area contributed by atoms with Gasteiger partial charge in [0.15, 0.2) is 23.3 Å². The van der Waals surface area contributed by atoms with Gasteiger partial charge >= 0.3 is 23.9 Å². The van der Waals surface area contributed by atoms with E-state index in [2.05, 4.69) is 75.1 Å². The van der Waals surface area contributed by atoms with Crippen LogP contribution in [-0.4, -0.2) is 84.2 Å². The van der Waals surface area contributed by atoms with E-state index in [0.29, 0.717) is 76.3 Å². The largest absolute Gasteiger partial charge is 0.478 e. The van der Waals surface area contributed by atoms with Crippen molar-refractivity contribution in [3.05, 3.63) is 256 Å². The molecule has 0 aliphatic carbocycles. The number of hydrogen-bond acceptors (Lipinski definition) is 20. The van der Waals surface area contributed by atoms with Gasteiger partial charge < -0.3 is 41.7 Å². The van der Waals surface area contributed by atoms with Crippen LogP contribution < -0.4 is 21.3 Å². The second-order valence-electron chi connectivity index (χ2n) is 22.4. The highest BCUT2D eigenvalue weighted by Crippen LogP contribution is 2.36. The number of carboxylic acid groups (broad SMARTS) is 4. The lowest BCUT2D eigenvalue weighted by Crippen LogP contribution is -2.07. The monoisotopic (exact) mass is 1540 g/mol. The van der Waals surface area contributed by atoms with Gasteiger partial charge in [0.2, 0.25) is 0 Å². The summed E-state index contributed by atoms with van der Waals surface area (Å²) in [4.78, 5) is 85.8. The lowest BCUT2D eigenvalue weighted by Gasteiger charge is -2.15. The molecule has 532 valence electrons. The van der Waals surface area contributed by atoms with E-state index in [1.54, 1.807) is 100.0 Å². The Labute approximate surface area is 636 Å². The van der Waals surface area contributed by atoms with Crippen molar-refractivity contribution in [2.24, 2.45) is 0 Å². The molecule has 104 heavy (non-hydrogen) atoms. The molecule has 0 aliphatic rings. The van der Waals surface area contributed by atoms with E-state index in [9.17, 15) is 19.2 Å². The molecule has 0 unspecified atom stereocenters. The normalized spacial score (nSPS) is 10.6. The molecule has 8 N–H and O–H groups in total. The zero-order chi connectivity index (χ0) is 74.7. The number of carboxylic acids is 4. The number of benzene rings is 4. The number of rotatable bonds is 24. The number of nitrogens with one attached hydrogen (secondary N) is 4. The molecule has 0 spiro atoms. The van der Waals surface area contributed by atoms with Crippen LogP contribution in [0.25, 0.3) is 42.8 Å². The fraction of sp³-hybridized carbons (Fsp3) is 0.158. The van der Waals surface area contributed by atoms with Gasteiger partial charge in [-0.15, -0.1) is 58.5 Å². The van der Waals surface area contributed by atoms with Crippen molar-refractivity contribution < 1.29 is 39.6 Å². The quantitative estimate of drug-likeness (QED) is 0.0261. The minimum absolute atomic E-state index is 0.0571. The first-order valence-corrected chi connectivity index (χ1v) is 37.2. The van der Waals surface area contributed by atoms with Crippen molar-refractivity contribution in [1.29, 1.82) is 0 Å². The number of carbonyl (C=O) groups is 4. The Kier molecular flexibility index (Phi) is 27.5. The van der Waals surface area contributed by atoms with E-state index in [0.717, 1.165) is 96.0 Å². The van der Waals surface area contributed by atoms with Crippen LogP contribution in [-0.2, 0) is 38.5 Å². The Hall–Kier alpha value is -10.3. The molecule has 12 rings (SSSR count). The van der Waals surface area contributed by atoms with Crippen molar-refractivity contribution in [2.75, 3.05) is 21.3 Å². The summed E-state index contributed by atoms with van der Waals surface area (Å²) >= 11 is 30.6. The minimum atomic E-state index is -1.06. The van der Waals surface area contributed by atoms with Crippen LogP contribution in [0.4, 0.5) is 46.0 Å². The molecule has 4 aromatic carbocycles. The number of thiophene rings is 4. The average Bonchev–Trinajstić information content (AvgIpc) is 1.28. The zero-order valence-corrected chi connectivity index (χ0v) is 63.1. The number of anilines is 8. The summed E-state index contributed by atoms with van der Waals surface area (Å²) in [6.07, 6.45) is 7.97. The summed E-state index contributed by atoms with van der Waals surface area (Å²) in [7, 11) is 0. The number of aromatic carboxylic acids is 4. The van der Waals surface area contributed by atoms with Gasteiger partial charge in [-0.2, -0.15) is 0 Å². The van der Waals surface area contributed by atoms with E-state index < -0.39 is 23.9 Å². The zero-order valence-electron chi connectivity index (χ0n) is 56.8. The second-order valence-corrected chi connectivity index (χ2v) is 27.8. The molecule has 0 saturated heterocycles. The van der Waals surface area contributed by atoms with Gasteiger partial charge in [0.25, 0.3) is 0 Å². The first-order valence-electron chi connectivity index (χ1n) is 32.2. The fourth-order valence-corrected chi connectivity index (χ4v) is 14.1. The molecule has 0 radical (unpaired) electrons. The second kappa shape index (κ2) is 36.7. The Balaban J connectivity index is 0.000000161. The number of nitrogens with zero attached hydrogens (tertiary/aromatic N) is 8. The Morgan fingerprint density at radius 1 is 0.375 bits per heavy atom. The molecular formula is C76H68Cl4N12O8S4. The predicted octanol–water partition coefficient (Wildman–Crippen LogP) is 21.5. The molecule has 12 aromatic rings. The highest BCUT2D eigenvalue weighted by Gasteiger charge is 2.21. The van der Waals surface area contributed by atoms with Gasteiger partial charge in [0.1, 0.15) is 23.3 Å². The third kappa shape index (κ3) is 19.7. The third-order valence-electron chi connectivity index (χ3n) is 15.5. The highest BCUT2D eigenvalue weighted by molar-refractivity contribution is 7.14. The predicted molar refractivity (Wildman–Crippen MR) is 423 cm³/mol.